The standard InChI is InChI=1S/C21H16FN3O2/c1-14-5-10-19(20(26)24-13-15-6-8-17(22)9-7-15)21(27)25(14)18-4-2-3-16(11-18)12-23/h2-11H,13H2,1H3,(H,24,26). The van der Waals surface area contributed by atoms with Crippen LogP contribution < -0.4 is 10.9 Å². The van der Waals surface area contributed by atoms with Crippen LogP contribution in [0.25, 0.3) is 5.69 Å². The first-order chi connectivity index (χ1) is 13.0. The lowest BCUT2D eigenvalue weighted by Crippen LogP contribution is -2.33. The molecule has 1 heterocycles. The Morgan fingerprint density at radius 1 is 1.15 bits per heavy atom. The van der Waals surface area contributed by atoms with Gasteiger partial charge in [0.1, 0.15) is 11.4 Å². The summed E-state index contributed by atoms with van der Waals surface area (Å²) in [6, 6.07) is 17.6. The number of aryl methyl sites for hydroxylation is 1. The van der Waals surface area contributed by atoms with Gasteiger partial charge in [0.2, 0.25) is 0 Å². The average Bonchev–Trinajstić information content (AvgIpc) is 2.67. The highest BCUT2D eigenvalue weighted by Gasteiger charge is 2.15. The van der Waals surface area contributed by atoms with E-state index in [-0.39, 0.29) is 17.9 Å². The first-order valence-electron chi connectivity index (χ1n) is 8.25. The Morgan fingerprint density at radius 3 is 2.59 bits per heavy atom. The van der Waals surface area contributed by atoms with Crippen LogP contribution in [0.15, 0.2) is 65.5 Å². The maximum atomic E-state index is 12.9. The van der Waals surface area contributed by atoms with E-state index < -0.39 is 11.5 Å². The monoisotopic (exact) mass is 361 g/mol. The van der Waals surface area contributed by atoms with Crippen molar-refractivity contribution in [3.05, 3.63) is 99.2 Å². The van der Waals surface area contributed by atoms with Gasteiger partial charge in [0, 0.05) is 12.2 Å². The van der Waals surface area contributed by atoms with E-state index in [2.05, 4.69) is 5.32 Å². The van der Waals surface area contributed by atoms with E-state index in [4.69, 9.17) is 5.26 Å². The molecule has 6 heteroatoms. The molecule has 0 spiro atoms. The maximum Gasteiger partial charge on any atom is 0.268 e. The highest BCUT2D eigenvalue weighted by Crippen LogP contribution is 2.12. The number of hydrogen-bond donors (Lipinski definition) is 1. The number of aromatic nitrogens is 1. The van der Waals surface area contributed by atoms with Crippen molar-refractivity contribution in [2.75, 3.05) is 0 Å². The Morgan fingerprint density at radius 2 is 1.89 bits per heavy atom. The number of rotatable bonds is 4. The molecule has 3 aromatic rings. The number of nitrogens with zero attached hydrogens (tertiary/aromatic N) is 2. The third kappa shape index (κ3) is 3.93. The van der Waals surface area contributed by atoms with Crippen LogP contribution in [-0.4, -0.2) is 10.5 Å². The maximum absolute atomic E-state index is 12.9. The lowest BCUT2D eigenvalue weighted by molar-refractivity contribution is 0.0949. The van der Waals surface area contributed by atoms with Crippen LogP contribution in [0.2, 0.25) is 0 Å². The van der Waals surface area contributed by atoms with Gasteiger partial charge in [0.25, 0.3) is 11.5 Å². The highest BCUT2D eigenvalue weighted by molar-refractivity contribution is 5.93. The molecular weight excluding hydrogens is 345 g/mol. The molecule has 0 saturated carbocycles. The Hall–Kier alpha value is -3.72. The quantitative estimate of drug-likeness (QED) is 0.776. The van der Waals surface area contributed by atoms with Crippen molar-refractivity contribution >= 4 is 5.91 Å². The van der Waals surface area contributed by atoms with Crippen LogP contribution in [0.3, 0.4) is 0 Å². The summed E-state index contributed by atoms with van der Waals surface area (Å²) in [7, 11) is 0. The van der Waals surface area contributed by atoms with Crippen LogP contribution in [0, 0.1) is 24.1 Å². The van der Waals surface area contributed by atoms with Gasteiger partial charge in [0.15, 0.2) is 0 Å². The molecule has 0 aliphatic rings. The predicted molar refractivity (Wildman–Crippen MR) is 99.1 cm³/mol. The van der Waals surface area contributed by atoms with Crippen molar-refractivity contribution in [3.63, 3.8) is 0 Å². The van der Waals surface area contributed by atoms with Gasteiger partial charge < -0.3 is 5.32 Å². The van der Waals surface area contributed by atoms with Crippen molar-refractivity contribution in [2.45, 2.75) is 13.5 Å². The minimum absolute atomic E-state index is 0.00919. The largest absolute Gasteiger partial charge is 0.348 e. The van der Waals surface area contributed by atoms with Crippen molar-refractivity contribution in [2.24, 2.45) is 0 Å². The second kappa shape index (κ2) is 7.67. The summed E-state index contributed by atoms with van der Waals surface area (Å²) in [6.07, 6.45) is 0. The highest BCUT2D eigenvalue weighted by atomic mass is 19.1. The van der Waals surface area contributed by atoms with Gasteiger partial charge in [-0.25, -0.2) is 4.39 Å². The number of pyridine rings is 1. The molecule has 1 N–H and O–H groups in total. The SMILES string of the molecule is Cc1ccc(C(=O)NCc2ccc(F)cc2)c(=O)n1-c1cccc(C#N)c1. The summed E-state index contributed by atoms with van der Waals surface area (Å²) in [5, 5.41) is 11.7. The molecule has 0 unspecified atom stereocenters. The van der Waals surface area contributed by atoms with Gasteiger partial charge in [-0.05, 0) is 55.0 Å². The van der Waals surface area contributed by atoms with Gasteiger partial charge in [-0.3, -0.25) is 14.2 Å². The normalized spacial score (nSPS) is 10.3. The molecule has 2 aromatic carbocycles. The molecule has 0 bridgehead atoms. The first kappa shape index (κ1) is 18.1. The summed E-state index contributed by atoms with van der Waals surface area (Å²) in [5.74, 6) is -0.874. The van der Waals surface area contributed by atoms with E-state index in [9.17, 15) is 14.0 Å². The number of nitriles is 1. The van der Waals surface area contributed by atoms with Crippen molar-refractivity contribution in [3.8, 4) is 11.8 Å². The summed E-state index contributed by atoms with van der Waals surface area (Å²) in [5.41, 5.74) is 1.82. The van der Waals surface area contributed by atoms with Gasteiger partial charge >= 0.3 is 0 Å². The minimum atomic E-state index is -0.519. The van der Waals surface area contributed by atoms with Crippen LogP contribution in [0.4, 0.5) is 4.39 Å². The number of amides is 1. The fourth-order valence-corrected chi connectivity index (χ4v) is 2.72. The Balaban J connectivity index is 1.90. The lowest BCUT2D eigenvalue weighted by atomic mass is 10.1. The van der Waals surface area contributed by atoms with Crippen molar-refractivity contribution in [1.29, 1.82) is 5.26 Å². The van der Waals surface area contributed by atoms with Gasteiger partial charge in [0.05, 0.1) is 17.3 Å². The number of carbonyl (C=O) groups excluding carboxylic acids is 1. The van der Waals surface area contributed by atoms with Crippen LogP contribution in [0.1, 0.15) is 27.2 Å². The predicted octanol–water partition coefficient (Wildman–Crippen LogP) is 3.09. The van der Waals surface area contributed by atoms with E-state index in [1.165, 1.54) is 22.8 Å². The molecule has 0 fully saturated rings. The summed E-state index contributed by atoms with van der Waals surface area (Å²) < 4.78 is 14.3. The molecule has 5 nitrogen and oxygen atoms in total. The third-order valence-corrected chi connectivity index (χ3v) is 4.12. The second-order valence-electron chi connectivity index (χ2n) is 6.00. The van der Waals surface area contributed by atoms with Crippen LogP contribution >= 0.6 is 0 Å². The Kier molecular flexibility index (Phi) is 5.13. The van der Waals surface area contributed by atoms with Crippen molar-refractivity contribution < 1.29 is 9.18 Å². The molecule has 134 valence electrons. The summed E-state index contributed by atoms with van der Waals surface area (Å²) in [4.78, 5) is 25.3. The zero-order valence-corrected chi connectivity index (χ0v) is 14.6. The molecule has 0 radical (unpaired) electrons. The fourth-order valence-electron chi connectivity index (χ4n) is 2.72. The van der Waals surface area contributed by atoms with Gasteiger partial charge in [-0.15, -0.1) is 0 Å². The molecule has 1 aromatic heterocycles. The summed E-state index contributed by atoms with van der Waals surface area (Å²) in [6.45, 7) is 1.93. The third-order valence-electron chi connectivity index (χ3n) is 4.12. The Labute approximate surface area is 155 Å². The Bertz CT molecular complexity index is 1100. The lowest BCUT2D eigenvalue weighted by Gasteiger charge is -2.12. The fraction of sp³-hybridized carbons (Fsp3) is 0.0952. The molecule has 0 atom stereocenters. The zero-order valence-electron chi connectivity index (χ0n) is 14.6. The van der Waals surface area contributed by atoms with Gasteiger partial charge in [-0.2, -0.15) is 5.26 Å². The van der Waals surface area contributed by atoms with E-state index in [0.717, 1.165) is 5.56 Å². The smallest absolute Gasteiger partial charge is 0.268 e. The zero-order chi connectivity index (χ0) is 19.4. The summed E-state index contributed by atoms with van der Waals surface area (Å²) >= 11 is 0. The van der Waals surface area contributed by atoms with E-state index >= 15 is 0 Å². The first-order valence-corrected chi connectivity index (χ1v) is 8.25. The molecular formula is C21H16FN3O2. The number of benzene rings is 2. The molecule has 0 aliphatic carbocycles. The number of halogens is 1. The van der Waals surface area contributed by atoms with Crippen LogP contribution in [0.5, 0.6) is 0 Å². The number of nitrogens with one attached hydrogen (secondary N) is 1. The van der Waals surface area contributed by atoms with E-state index in [1.54, 1.807) is 49.4 Å². The minimum Gasteiger partial charge on any atom is -0.348 e. The van der Waals surface area contributed by atoms with Crippen LogP contribution in [-0.2, 0) is 6.54 Å². The van der Waals surface area contributed by atoms with Gasteiger partial charge in [-0.1, -0.05) is 18.2 Å². The molecule has 27 heavy (non-hydrogen) atoms. The topological polar surface area (TPSA) is 74.9 Å². The van der Waals surface area contributed by atoms with E-state index in [0.29, 0.717) is 16.9 Å². The average molecular weight is 361 g/mol. The number of hydrogen-bond acceptors (Lipinski definition) is 3. The molecule has 1 amide bonds. The molecule has 0 saturated heterocycles. The molecule has 3 rings (SSSR count). The van der Waals surface area contributed by atoms with E-state index in [1.807, 2.05) is 6.07 Å². The van der Waals surface area contributed by atoms with Crippen molar-refractivity contribution in [1.82, 2.24) is 9.88 Å². The molecule has 0 aliphatic heterocycles. The second-order valence-corrected chi connectivity index (χ2v) is 6.00. The number of carbonyl (C=O) groups is 1.